The normalized spacial score (nSPS) is 11.5. The molecule has 6 aromatic rings. The molecule has 0 spiro atoms. The van der Waals surface area contributed by atoms with Gasteiger partial charge in [-0.05, 0) is 67.1 Å². The van der Waals surface area contributed by atoms with Crippen molar-refractivity contribution in [3.8, 4) is 5.75 Å². The molecule has 41 heavy (non-hydrogen) atoms. The quantitative estimate of drug-likeness (QED) is 0.118. The summed E-state index contributed by atoms with van der Waals surface area (Å²) in [6, 6.07) is 21.4. The van der Waals surface area contributed by atoms with Gasteiger partial charge in [0.15, 0.2) is 17.3 Å². The highest BCUT2D eigenvalue weighted by molar-refractivity contribution is 7.98. The average molecular weight is 566 g/mol. The Morgan fingerprint density at radius 3 is 2.68 bits per heavy atom. The number of aromatic nitrogens is 6. The van der Waals surface area contributed by atoms with E-state index in [0.717, 1.165) is 28.2 Å². The number of carbonyl (C=O) groups is 1. The molecule has 11 heteroatoms. The molecule has 0 saturated carbocycles. The Kier molecular flexibility index (Phi) is 7.17. The van der Waals surface area contributed by atoms with Gasteiger partial charge in [-0.3, -0.25) is 4.79 Å². The average Bonchev–Trinajstić information content (AvgIpc) is 3.59. The van der Waals surface area contributed by atoms with Gasteiger partial charge in [-0.1, -0.05) is 36.0 Å². The number of para-hydroxylation sites is 2. The maximum atomic E-state index is 13.9. The molecule has 9 nitrogen and oxygen atoms in total. The maximum absolute atomic E-state index is 13.9. The Balaban J connectivity index is 1.15. The second-order valence-corrected chi connectivity index (χ2v) is 10.1. The van der Waals surface area contributed by atoms with Crippen molar-refractivity contribution in [3.05, 3.63) is 107 Å². The number of ether oxygens (including phenoxy) is 1. The number of anilines is 2. The van der Waals surface area contributed by atoms with E-state index in [-0.39, 0.29) is 11.5 Å². The summed E-state index contributed by atoms with van der Waals surface area (Å²) in [6.45, 7) is 1.89. The molecule has 0 saturated heterocycles. The molecule has 3 aromatic carbocycles. The number of hydrogen-bond donors (Lipinski definition) is 2. The molecule has 204 valence electrons. The number of halogens is 1. The van der Waals surface area contributed by atoms with Crippen LogP contribution in [0, 0.1) is 12.7 Å². The summed E-state index contributed by atoms with van der Waals surface area (Å²) < 4.78 is 20.5. The fraction of sp³-hybridized carbons (Fsp3) is 0.100. The Hall–Kier alpha value is -5.03. The zero-order valence-corrected chi connectivity index (χ0v) is 22.9. The monoisotopic (exact) mass is 565 g/mol. The number of thioether (sulfide) groups is 1. The predicted octanol–water partition coefficient (Wildman–Crippen LogP) is 6.39. The number of aryl methyl sites for hydroxylation is 1. The molecule has 0 aliphatic heterocycles. The lowest BCUT2D eigenvalue weighted by Crippen LogP contribution is -2.03. The number of rotatable bonds is 9. The minimum absolute atomic E-state index is 0.154. The van der Waals surface area contributed by atoms with E-state index >= 15 is 0 Å². The van der Waals surface area contributed by atoms with Crippen molar-refractivity contribution >= 4 is 51.9 Å². The summed E-state index contributed by atoms with van der Waals surface area (Å²) in [7, 11) is 1.40. The van der Waals surface area contributed by atoms with E-state index in [1.807, 2.05) is 49.4 Å². The summed E-state index contributed by atoms with van der Waals surface area (Å²) in [5.41, 5.74) is 4.53. The highest BCUT2D eigenvalue weighted by Gasteiger charge is 2.13. The van der Waals surface area contributed by atoms with E-state index in [2.05, 4.69) is 30.4 Å². The first-order valence-electron chi connectivity index (χ1n) is 12.7. The van der Waals surface area contributed by atoms with Gasteiger partial charge in [0, 0.05) is 23.0 Å². The minimum Gasteiger partial charge on any atom is -0.494 e. The Labute approximate surface area is 238 Å². The van der Waals surface area contributed by atoms with Gasteiger partial charge in [0.25, 0.3) is 5.78 Å². The fourth-order valence-corrected chi connectivity index (χ4v) is 4.93. The van der Waals surface area contributed by atoms with E-state index in [0.29, 0.717) is 33.6 Å². The zero-order valence-electron chi connectivity index (χ0n) is 22.1. The van der Waals surface area contributed by atoms with Gasteiger partial charge in [-0.25, -0.2) is 14.4 Å². The van der Waals surface area contributed by atoms with E-state index in [1.165, 1.54) is 37.1 Å². The van der Waals surface area contributed by atoms with E-state index in [1.54, 1.807) is 28.8 Å². The lowest BCUT2D eigenvalue weighted by Gasteiger charge is -2.09. The minimum atomic E-state index is -0.484. The van der Waals surface area contributed by atoms with Crippen molar-refractivity contribution in [1.82, 2.24) is 29.5 Å². The summed E-state index contributed by atoms with van der Waals surface area (Å²) >= 11 is 1.47. The van der Waals surface area contributed by atoms with Gasteiger partial charge in [0.2, 0.25) is 5.16 Å². The van der Waals surface area contributed by atoms with Crippen LogP contribution in [0.3, 0.4) is 0 Å². The van der Waals surface area contributed by atoms with Crippen molar-refractivity contribution in [2.45, 2.75) is 17.8 Å². The van der Waals surface area contributed by atoms with Crippen LogP contribution in [-0.4, -0.2) is 42.4 Å². The number of hydrogen-bond acceptors (Lipinski definition) is 8. The topological polar surface area (TPSA) is 110 Å². The molecular weight excluding hydrogens is 541 g/mol. The summed E-state index contributed by atoms with van der Waals surface area (Å²) in [6.07, 6.45) is 2.99. The van der Waals surface area contributed by atoms with Crippen molar-refractivity contribution in [2.75, 3.05) is 12.4 Å². The second kappa shape index (κ2) is 11.2. The van der Waals surface area contributed by atoms with Crippen LogP contribution >= 0.6 is 11.8 Å². The Morgan fingerprint density at radius 1 is 1.07 bits per heavy atom. The molecule has 2 N–H and O–H groups in total. The Morgan fingerprint density at radius 2 is 1.90 bits per heavy atom. The first kappa shape index (κ1) is 26.2. The second-order valence-electron chi connectivity index (χ2n) is 9.17. The molecule has 3 heterocycles. The Bertz CT molecular complexity index is 1880. The van der Waals surface area contributed by atoms with E-state index in [4.69, 9.17) is 4.74 Å². The lowest BCUT2D eigenvalue weighted by atomic mass is 10.1. The predicted molar refractivity (Wildman–Crippen MR) is 157 cm³/mol. The molecule has 6 rings (SSSR count). The summed E-state index contributed by atoms with van der Waals surface area (Å²) in [4.78, 5) is 29.7. The molecule has 0 bridgehead atoms. The van der Waals surface area contributed by atoms with E-state index < -0.39 is 5.82 Å². The molecule has 0 unspecified atom stereocenters. The van der Waals surface area contributed by atoms with Crippen LogP contribution in [0.15, 0.2) is 84.0 Å². The highest BCUT2D eigenvalue weighted by atomic mass is 32.2. The third-order valence-corrected chi connectivity index (χ3v) is 7.09. The first-order valence-corrected chi connectivity index (χ1v) is 13.7. The number of ketones is 1. The molecule has 0 amide bonds. The highest BCUT2D eigenvalue weighted by Crippen LogP contribution is 2.24. The lowest BCUT2D eigenvalue weighted by molar-refractivity contribution is 0.104. The molecule has 0 radical (unpaired) electrons. The largest absolute Gasteiger partial charge is 0.494 e. The van der Waals surface area contributed by atoms with Gasteiger partial charge in [0.05, 0.1) is 23.9 Å². The fourth-order valence-electron chi connectivity index (χ4n) is 4.25. The molecular formula is C30H24FN7O2S. The van der Waals surface area contributed by atoms with Crippen LogP contribution in [0.25, 0.3) is 22.9 Å². The third kappa shape index (κ3) is 5.80. The van der Waals surface area contributed by atoms with Crippen LogP contribution < -0.4 is 10.1 Å². The van der Waals surface area contributed by atoms with Crippen LogP contribution in [0.4, 0.5) is 15.9 Å². The van der Waals surface area contributed by atoms with Crippen molar-refractivity contribution in [3.63, 3.8) is 0 Å². The van der Waals surface area contributed by atoms with Crippen LogP contribution in [-0.2, 0) is 5.75 Å². The van der Waals surface area contributed by atoms with Gasteiger partial charge in [-0.15, -0.1) is 5.10 Å². The zero-order chi connectivity index (χ0) is 28.3. The van der Waals surface area contributed by atoms with Gasteiger partial charge >= 0.3 is 0 Å². The maximum Gasteiger partial charge on any atom is 0.255 e. The number of methoxy groups -OCH3 is 1. The number of nitrogens with one attached hydrogen (secondary N) is 2. The molecule has 0 aliphatic rings. The van der Waals surface area contributed by atoms with Crippen LogP contribution in [0.2, 0.25) is 0 Å². The standard InChI is InChI=1S/C30H24FN7O2S/c1-18-15-28(38-29(32-18)36-30(37-38)41-17-27-34-23-5-3-4-6-24(23)35-27)33-21-11-9-20(10-12-21)25(39)13-7-19-8-14-26(40-2)22(31)16-19/h3-16,33H,17H2,1-2H3,(H,34,35)/b13-7+. The molecule has 0 aliphatic carbocycles. The number of benzene rings is 3. The molecule has 3 aromatic heterocycles. The van der Waals surface area contributed by atoms with Gasteiger partial charge in [0.1, 0.15) is 11.6 Å². The van der Waals surface area contributed by atoms with Crippen molar-refractivity contribution < 1.29 is 13.9 Å². The molecule has 0 atom stereocenters. The van der Waals surface area contributed by atoms with Crippen molar-refractivity contribution in [1.29, 1.82) is 0 Å². The number of H-pyrrole nitrogens is 1. The van der Waals surface area contributed by atoms with Gasteiger partial charge < -0.3 is 15.0 Å². The number of fused-ring (bicyclic) bond motifs is 2. The molecule has 0 fully saturated rings. The first-order chi connectivity index (χ1) is 19.9. The number of allylic oxidation sites excluding steroid dienone is 1. The van der Waals surface area contributed by atoms with Gasteiger partial charge in [-0.2, -0.15) is 9.50 Å². The number of nitrogens with zero attached hydrogens (tertiary/aromatic N) is 5. The van der Waals surface area contributed by atoms with E-state index in [9.17, 15) is 9.18 Å². The van der Waals surface area contributed by atoms with Crippen LogP contribution in [0.1, 0.15) is 27.4 Å². The van der Waals surface area contributed by atoms with Crippen LogP contribution in [0.5, 0.6) is 5.75 Å². The number of aromatic amines is 1. The van der Waals surface area contributed by atoms with Crippen molar-refractivity contribution in [2.24, 2.45) is 0 Å². The summed E-state index contributed by atoms with van der Waals surface area (Å²) in [5, 5.41) is 8.56. The smallest absolute Gasteiger partial charge is 0.255 e. The number of carbonyl (C=O) groups excluding carboxylic acids is 1. The summed E-state index contributed by atoms with van der Waals surface area (Å²) in [5.74, 6) is 2.08. The third-order valence-electron chi connectivity index (χ3n) is 6.24. The number of imidazole rings is 1. The SMILES string of the molecule is COc1ccc(/C=C/C(=O)c2ccc(Nc3cc(C)nc4nc(SCc5nc6ccccc6[nH]5)nn34)cc2)cc1F.